The van der Waals surface area contributed by atoms with E-state index in [2.05, 4.69) is 20.9 Å². The number of aromatic nitrogens is 1. The molecule has 0 aliphatic heterocycles. The molecule has 158 valence electrons. The molecule has 10 heteroatoms. The predicted octanol–water partition coefficient (Wildman–Crippen LogP) is 1.74. The second-order valence-electron chi connectivity index (χ2n) is 6.09. The number of nitrogens with zero attached hydrogens (tertiary/aromatic N) is 1. The maximum absolute atomic E-state index is 12.7. The Balaban J connectivity index is 2.29. The number of aliphatic hydroxyl groups is 1. The molecule has 1 atom stereocenters. The van der Waals surface area contributed by atoms with Crippen molar-refractivity contribution in [2.75, 3.05) is 25.2 Å². The van der Waals surface area contributed by atoms with E-state index in [1.807, 2.05) is 30.3 Å². The standard InChI is InChI=1S/C20H25N7O3/c1-24-14(8-9-21)18(12-6-4-3-5-7-12)27-20(29)26-16-10-13(22)17(19(23)30-2)15(11-28)25-16/h3-10,18,21,23-24,28H,11H2,1-2H3,(H4,22,25,26,27,29)/b14-8-,21-9?,23-19?/t18-/m0/s1. The van der Waals surface area contributed by atoms with Gasteiger partial charge in [0.25, 0.3) is 0 Å². The molecule has 0 saturated heterocycles. The lowest BCUT2D eigenvalue weighted by molar-refractivity contribution is 0.249. The maximum Gasteiger partial charge on any atom is 0.321 e. The zero-order chi connectivity index (χ0) is 22.1. The fraction of sp³-hybridized carbons (Fsp3) is 0.200. The van der Waals surface area contributed by atoms with Crippen molar-refractivity contribution in [2.24, 2.45) is 0 Å². The summed E-state index contributed by atoms with van der Waals surface area (Å²) >= 11 is 0. The first-order valence-corrected chi connectivity index (χ1v) is 8.99. The van der Waals surface area contributed by atoms with E-state index in [1.165, 1.54) is 13.2 Å². The summed E-state index contributed by atoms with van der Waals surface area (Å²) in [4.78, 5) is 16.8. The Kier molecular flexibility index (Phi) is 7.89. The molecule has 0 saturated carbocycles. The van der Waals surface area contributed by atoms with Gasteiger partial charge < -0.3 is 31.6 Å². The highest BCUT2D eigenvalue weighted by Gasteiger charge is 2.20. The van der Waals surface area contributed by atoms with Gasteiger partial charge in [-0.15, -0.1) is 0 Å². The van der Waals surface area contributed by atoms with E-state index in [9.17, 15) is 9.90 Å². The average molecular weight is 411 g/mol. The molecule has 2 aromatic rings. The number of urea groups is 1. The van der Waals surface area contributed by atoms with Crippen molar-refractivity contribution >= 4 is 29.6 Å². The number of methoxy groups -OCH3 is 1. The second kappa shape index (κ2) is 10.6. The van der Waals surface area contributed by atoms with Crippen LogP contribution in [0.5, 0.6) is 0 Å². The van der Waals surface area contributed by atoms with Gasteiger partial charge in [0, 0.05) is 30.7 Å². The normalized spacial score (nSPS) is 11.9. The fourth-order valence-electron chi connectivity index (χ4n) is 2.85. The number of aliphatic hydroxyl groups excluding tert-OH is 1. The summed E-state index contributed by atoms with van der Waals surface area (Å²) in [5.41, 5.74) is 7.79. The molecular formula is C20H25N7O3. The van der Waals surface area contributed by atoms with Crippen LogP contribution in [0.1, 0.15) is 22.9 Å². The van der Waals surface area contributed by atoms with Gasteiger partial charge in [-0.2, -0.15) is 0 Å². The van der Waals surface area contributed by atoms with Crippen LogP contribution in [-0.2, 0) is 11.3 Å². The van der Waals surface area contributed by atoms with Gasteiger partial charge in [0.2, 0.25) is 5.90 Å². The van der Waals surface area contributed by atoms with Gasteiger partial charge in [0.15, 0.2) is 0 Å². The van der Waals surface area contributed by atoms with Crippen LogP contribution in [0.25, 0.3) is 0 Å². The van der Waals surface area contributed by atoms with Crippen LogP contribution in [0.2, 0.25) is 0 Å². The highest BCUT2D eigenvalue weighted by atomic mass is 16.5. The van der Waals surface area contributed by atoms with Crippen LogP contribution in [0.15, 0.2) is 48.2 Å². The number of carbonyl (C=O) groups excluding carboxylic acids is 1. The minimum atomic E-state index is -0.569. The zero-order valence-electron chi connectivity index (χ0n) is 16.7. The number of nitrogens with one attached hydrogen (secondary N) is 5. The Labute approximate surface area is 174 Å². The highest BCUT2D eigenvalue weighted by molar-refractivity contribution is 5.99. The first kappa shape index (κ1) is 22.4. The number of nitrogen functional groups attached to an aromatic ring is 1. The minimum absolute atomic E-state index is 0.107. The summed E-state index contributed by atoms with van der Waals surface area (Å²) < 4.78 is 4.86. The molecule has 2 amide bonds. The molecule has 0 bridgehead atoms. The van der Waals surface area contributed by atoms with Gasteiger partial charge in [0.1, 0.15) is 5.82 Å². The molecule has 30 heavy (non-hydrogen) atoms. The number of carbonyl (C=O) groups is 1. The number of hydrogen-bond acceptors (Lipinski definition) is 8. The van der Waals surface area contributed by atoms with Gasteiger partial charge in [-0.05, 0) is 11.6 Å². The van der Waals surface area contributed by atoms with Crippen molar-refractivity contribution < 1.29 is 14.6 Å². The Morgan fingerprint density at radius 2 is 2.07 bits per heavy atom. The topological polar surface area (TPSA) is 169 Å². The predicted molar refractivity (Wildman–Crippen MR) is 116 cm³/mol. The summed E-state index contributed by atoms with van der Waals surface area (Å²) in [6, 6.07) is 9.52. The van der Waals surface area contributed by atoms with Crippen molar-refractivity contribution in [3.05, 3.63) is 65.0 Å². The van der Waals surface area contributed by atoms with Crippen LogP contribution >= 0.6 is 0 Å². The summed E-state index contributed by atoms with van der Waals surface area (Å²) in [7, 11) is 3.01. The molecule has 1 aromatic heterocycles. The number of likely N-dealkylation sites (N-methyl/N-ethyl adjacent to an activating group) is 1. The summed E-state index contributed by atoms with van der Waals surface area (Å²) in [5, 5.41) is 33.1. The third-order valence-corrected chi connectivity index (χ3v) is 4.22. The number of rotatable bonds is 8. The third kappa shape index (κ3) is 5.32. The van der Waals surface area contributed by atoms with Gasteiger partial charge in [-0.3, -0.25) is 10.7 Å². The highest BCUT2D eigenvalue weighted by Crippen LogP contribution is 2.22. The quantitative estimate of drug-likeness (QED) is 0.258. The van der Waals surface area contributed by atoms with Crippen LogP contribution < -0.4 is 21.7 Å². The fourth-order valence-corrected chi connectivity index (χ4v) is 2.85. The smallest absolute Gasteiger partial charge is 0.321 e. The number of allylic oxidation sites excluding steroid dienone is 1. The third-order valence-electron chi connectivity index (χ3n) is 4.22. The molecular weight excluding hydrogens is 386 g/mol. The minimum Gasteiger partial charge on any atom is -0.481 e. The van der Waals surface area contributed by atoms with Crippen molar-refractivity contribution in [2.45, 2.75) is 12.6 Å². The summed E-state index contributed by atoms with van der Waals surface area (Å²) in [6.45, 7) is -0.485. The number of ether oxygens (including phenoxy) is 1. The molecule has 10 nitrogen and oxygen atoms in total. The molecule has 2 rings (SSSR count). The molecule has 0 unspecified atom stereocenters. The van der Waals surface area contributed by atoms with E-state index in [0.717, 1.165) is 11.8 Å². The Morgan fingerprint density at radius 1 is 1.37 bits per heavy atom. The number of nitrogens with two attached hydrogens (primary N) is 1. The first-order chi connectivity index (χ1) is 14.4. The second-order valence-corrected chi connectivity index (χ2v) is 6.09. The SMILES string of the molecule is CN/C(=C\C=N)[C@@H](NC(=O)Nc1cc(N)c(C(=N)OC)c(CO)n1)c1ccccc1. The lowest BCUT2D eigenvalue weighted by Crippen LogP contribution is -2.36. The van der Waals surface area contributed by atoms with E-state index in [0.29, 0.717) is 5.70 Å². The van der Waals surface area contributed by atoms with Crippen LogP contribution in [-0.4, -0.2) is 42.4 Å². The number of benzene rings is 1. The van der Waals surface area contributed by atoms with E-state index in [1.54, 1.807) is 13.1 Å². The summed E-state index contributed by atoms with van der Waals surface area (Å²) in [6.07, 6.45) is 2.67. The number of amides is 2. The maximum atomic E-state index is 12.7. The van der Waals surface area contributed by atoms with Gasteiger partial charge in [-0.25, -0.2) is 9.78 Å². The number of anilines is 2. The molecule has 8 N–H and O–H groups in total. The van der Waals surface area contributed by atoms with Crippen molar-refractivity contribution in [3.63, 3.8) is 0 Å². The average Bonchev–Trinajstić information content (AvgIpc) is 2.75. The molecule has 0 radical (unpaired) electrons. The molecule has 0 fully saturated rings. The molecule has 1 aromatic carbocycles. The van der Waals surface area contributed by atoms with Crippen molar-refractivity contribution in [3.8, 4) is 0 Å². The van der Waals surface area contributed by atoms with Crippen LogP contribution in [0, 0.1) is 10.8 Å². The summed E-state index contributed by atoms with van der Waals surface area (Å²) in [5.74, 6) is -0.129. The van der Waals surface area contributed by atoms with E-state index >= 15 is 0 Å². The van der Waals surface area contributed by atoms with Gasteiger partial charge >= 0.3 is 6.03 Å². The lowest BCUT2D eigenvalue weighted by atomic mass is 10.0. The zero-order valence-corrected chi connectivity index (χ0v) is 16.7. The lowest BCUT2D eigenvalue weighted by Gasteiger charge is -2.22. The van der Waals surface area contributed by atoms with Gasteiger partial charge in [0.05, 0.1) is 31.0 Å². The van der Waals surface area contributed by atoms with E-state index in [4.69, 9.17) is 21.3 Å². The van der Waals surface area contributed by atoms with Crippen LogP contribution in [0.4, 0.5) is 16.3 Å². The Hall–Kier alpha value is -3.92. The largest absolute Gasteiger partial charge is 0.481 e. The molecule has 1 heterocycles. The Morgan fingerprint density at radius 3 is 2.63 bits per heavy atom. The molecule has 0 aliphatic carbocycles. The van der Waals surface area contributed by atoms with Crippen molar-refractivity contribution in [1.82, 2.24) is 15.6 Å². The van der Waals surface area contributed by atoms with E-state index in [-0.39, 0.29) is 28.7 Å². The Bertz CT molecular complexity index is 945. The van der Waals surface area contributed by atoms with Gasteiger partial charge in [-0.1, -0.05) is 30.3 Å². The molecule has 0 spiro atoms. The monoisotopic (exact) mass is 411 g/mol. The number of hydrogen-bond donors (Lipinski definition) is 7. The first-order valence-electron chi connectivity index (χ1n) is 8.99. The van der Waals surface area contributed by atoms with Crippen LogP contribution in [0.3, 0.4) is 0 Å². The van der Waals surface area contributed by atoms with E-state index < -0.39 is 18.7 Å². The van der Waals surface area contributed by atoms with Crippen molar-refractivity contribution in [1.29, 1.82) is 10.8 Å². The number of pyridine rings is 1. The molecule has 0 aliphatic rings.